The highest BCUT2D eigenvalue weighted by Gasteiger charge is 2.32. The molecule has 21 heavy (non-hydrogen) atoms. The van der Waals surface area contributed by atoms with E-state index in [4.69, 9.17) is 0 Å². The second-order valence-corrected chi connectivity index (χ2v) is 6.42. The summed E-state index contributed by atoms with van der Waals surface area (Å²) < 4.78 is 1.71. The first kappa shape index (κ1) is 13.8. The van der Waals surface area contributed by atoms with Crippen LogP contribution in [-0.4, -0.2) is 43.5 Å². The minimum atomic E-state index is -0.797. The first-order valence-corrected chi connectivity index (χ1v) is 7.10. The molecule has 0 amide bonds. The SMILES string of the molecule is CC(C)(C)c1nnc2ccc(N3CCC[C@H]3C(=O)O)nn12. The van der Waals surface area contributed by atoms with Gasteiger partial charge in [0.1, 0.15) is 11.9 Å². The van der Waals surface area contributed by atoms with Crippen LogP contribution in [-0.2, 0) is 10.2 Å². The number of carbonyl (C=O) groups is 1. The van der Waals surface area contributed by atoms with Gasteiger partial charge in [-0.3, -0.25) is 0 Å². The van der Waals surface area contributed by atoms with E-state index < -0.39 is 12.0 Å². The largest absolute Gasteiger partial charge is 0.480 e. The lowest BCUT2D eigenvalue weighted by atomic mass is 9.96. The molecule has 1 N–H and O–H groups in total. The Morgan fingerprint density at radius 1 is 1.33 bits per heavy atom. The molecule has 0 saturated carbocycles. The molecule has 0 aliphatic carbocycles. The summed E-state index contributed by atoms with van der Waals surface area (Å²) in [7, 11) is 0. The number of rotatable bonds is 2. The van der Waals surface area contributed by atoms with Crippen molar-refractivity contribution in [2.75, 3.05) is 11.4 Å². The number of anilines is 1. The van der Waals surface area contributed by atoms with Crippen LogP contribution in [0.25, 0.3) is 5.65 Å². The quantitative estimate of drug-likeness (QED) is 0.901. The standard InChI is InChI=1S/C14H19N5O2/c1-14(2,3)13-16-15-10-6-7-11(17-19(10)13)18-8-4-5-9(18)12(20)21/h6-7,9H,4-5,8H2,1-3H3,(H,20,21)/t9-/m0/s1. The van der Waals surface area contributed by atoms with Gasteiger partial charge in [-0.2, -0.15) is 4.52 Å². The molecular weight excluding hydrogens is 270 g/mol. The third kappa shape index (κ3) is 2.32. The summed E-state index contributed by atoms with van der Waals surface area (Å²) in [6, 6.07) is 3.16. The Morgan fingerprint density at radius 2 is 2.10 bits per heavy atom. The van der Waals surface area contributed by atoms with Gasteiger partial charge in [0.05, 0.1) is 0 Å². The first-order chi connectivity index (χ1) is 9.88. The Kier molecular flexibility index (Phi) is 3.07. The van der Waals surface area contributed by atoms with E-state index in [1.807, 2.05) is 37.8 Å². The van der Waals surface area contributed by atoms with Gasteiger partial charge in [0.25, 0.3) is 0 Å². The molecule has 112 valence electrons. The van der Waals surface area contributed by atoms with E-state index in [0.29, 0.717) is 24.4 Å². The molecule has 3 rings (SSSR count). The summed E-state index contributed by atoms with van der Waals surface area (Å²) in [5, 5.41) is 22.2. The van der Waals surface area contributed by atoms with Crippen molar-refractivity contribution < 1.29 is 9.90 Å². The monoisotopic (exact) mass is 289 g/mol. The topological polar surface area (TPSA) is 83.6 Å². The maximum absolute atomic E-state index is 11.3. The van der Waals surface area contributed by atoms with Crippen molar-refractivity contribution in [2.24, 2.45) is 0 Å². The van der Waals surface area contributed by atoms with E-state index in [1.165, 1.54) is 0 Å². The Hall–Kier alpha value is -2.18. The molecule has 7 heteroatoms. The number of carboxylic acids is 1. The van der Waals surface area contributed by atoms with Crippen LogP contribution in [0.3, 0.4) is 0 Å². The van der Waals surface area contributed by atoms with Gasteiger partial charge in [-0.1, -0.05) is 20.8 Å². The summed E-state index contributed by atoms with van der Waals surface area (Å²) in [5.41, 5.74) is 0.497. The normalized spacial score (nSPS) is 19.4. The second kappa shape index (κ2) is 4.68. The van der Waals surface area contributed by atoms with Crippen LogP contribution >= 0.6 is 0 Å². The average molecular weight is 289 g/mol. The Morgan fingerprint density at radius 3 is 2.76 bits per heavy atom. The van der Waals surface area contributed by atoms with E-state index >= 15 is 0 Å². The molecule has 0 radical (unpaired) electrons. The third-order valence-corrected chi connectivity index (χ3v) is 3.75. The van der Waals surface area contributed by atoms with Crippen LogP contribution in [0.4, 0.5) is 5.82 Å². The lowest BCUT2D eigenvalue weighted by Gasteiger charge is -2.22. The zero-order chi connectivity index (χ0) is 15.2. The molecule has 7 nitrogen and oxygen atoms in total. The molecule has 0 unspecified atom stereocenters. The number of aliphatic carboxylic acids is 1. The maximum Gasteiger partial charge on any atom is 0.326 e. The number of hydrogen-bond acceptors (Lipinski definition) is 5. The van der Waals surface area contributed by atoms with Gasteiger partial charge in [-0.25, -0.2) is 4.79 Å². The van der Waals surface area contributed by atoms with Crippen LogP contribution in [0.15, 0.2) is 12.1 Å². The Labute approximate surface area is 122 Å². The van der Waals surface area contributed by atoms with Crippen LogP contribution in [0.5, 0.6) is 0 Å². The zero-order valence-electron chi connectivity index (χ0n) is 12.4. The smallest absolute Gasteiger partial charge is 0.326 e. The van der Waals surface area contributed by atoms with Crippen molar-refractivity contribution in [2.45, 2.75) is 45.1 Å². The van der Waals surface area contributed by atoms with Gasteiger partial charge >= 0.3 is 5.97 Å². The molecule has 1 atom stereocenters. The lowest BCUT2D eigenvalue weighted by molar-refractivity contribution is -0.138. The van der Waals surface area contributed by atoms with Crippen LogP contribution in [0, 0.1) is 0 Å². The van der Waals surface area contributed by atoms with Gasteiger partial charge < -0.3 is 10.0 Å². The highest BCUT2D eigenvalue weighted by Crippen LogP contribution is 2.26. The minimum absolute atomic E-state index is 0.178. The van der Waals surface area contributed by atoms with E-state index in [9.17, 15) is 9.90 Å². The lowest BCUT2D eigenvalue weighted by Crippen LogP contribution is -2.36. The van der Waals surface area contributed by atoms with Crippen LogP contribution < -0.4 is 4.90 Å². The second-order valence-electron chi connectivity index (χ2n) is 6.42. The number of fused-ring (bicyclic) bond motifs is 1. The molecule has 1 saturated heterocycles. The Balaban J connectivity index is 2.06. The summed E-state index contributed by atoms with van der Waals surface area (Å²) >= 11 is 0. The molecule has 0 spiro atoms. The van der Waals surface area contributed by atoms with E-state index in [0.717, 1.165) is 12.2 Å². The molecule has 0 aromatic carbocycles. The molecule has 1 aliphatic heterocycles. The van der Waals surface area contributed by atoms with Crippen molar-refractivity contribution in [3.05, 3.63) is 18.0 Å². The fourth-order valence-electron chi connectivity index (χ4n) is 2.70. The van der Waals surface area contributed by atoms with Crippen LogP contribution in [0.2, 0.25) is 0 Å². The van der Waals surface area contributed by atoms with Gasteiger partial charge in [0, 0.05) is 12.0 Å². The molecule has 2 aromatic rings. The number of carboxylic acid groups (broad SMARTS) is 1. The van der Waals surface area contributed by atoms with Gasteiger partial charge in [-0.15, -0.1) is 15.3 Å². The third-order valence-electron chi connectivity index (χ3n) is 3.75. The molecule has 1 fully saturated rings. The summed E-state index contributed by atoms with van der Waals surface area (Å²) in [6.07, 6.45) is 1.52. The predicted octanol–water partition coefficient (Wildman–Crippen LogP) is 1.48. The van der Waals surface area contributed by atoms with Crippen molar-refractivity contribution in [1.29, 1.82) is 0 Å². The molecule has 3 heterocycles. The van der Waals surface area contributed by atoms with Gasteiger partial charge in [-0.05, 0) is 25.0 Å². The van der Waals surface area contributed by atoms with E-state index in [1.54, 1.807) is 4.52 Å². The number of nitrogens with zero attached hydrogens (tertiary/aromatic N) is 5. The Bertz CT molecular complexity index is 688. The summed E-state index contributed by atoms with van der Waals surface area (Å²) in [6.45, 7) is 6.86. The molecular formula is C14H19N5O2. The highest BCUT2D eigenvalue weighted by molar-refractivity contribution is 5.78. The summed E-state index contributed by atoms with van der Waals surface area (Å²) in [5.74, 6) is 0.636. The van der Waals surface area contributed by atoms with Gasteiger partial charge in [0.15, 0.2) is 11.5 Å². The van der Waals surface area contributed by atoms with Crippen molar-refractivity contribution >= 4 is 17.4 Å². The van der Waals surface area contributed by atoms with E-state index in [2.05, 4.69) is 15.3 Å². The zero-order valence-corrected chi connectivity index (χ0v) is 12.4. The van der Waals surface area contributed by atoms with Crippen molar-refractivity contribution in [1.82, 2.24) is 19.8 Å². The predicted molar refractivity (Wildman–Crippen MR) is 77.5 cm³/mol. The average Bonchev–Trinajstić information content (AvgIpc) is 3.03. The van der Waals surface area contributed by atoms with Crippen LogP contribution in [0.1, 0.15) is 39.4 Å². The van der Waals surface area contributed by atoms with Crippen molar-refractivity contribution in [3.8, 4) is 0 Å². The number of hydrogen-bond donors (Lipinski definition) is 1. The fraction of sp³-hybridized carbons (Fsp3) is 0.571. The summed E-state index contributed by atoms with van der Waals surface area (Å²) in [4.78, 5) is 13.2. The van der Waals surface area contributed by atoms with E-state index in [-0.39, 0.29) is 5.41 Å². The highest BCUT2D eigenvalue weighted by atomic mass is 16.4. The maximum atomic E-state index is 11.3. The first-order valence-electron chi connectivity index (χ1n) is 7.10. The molecule has 1 aliphatic rings. The minimum Gasteiger partial charge on any atom is -0.480 e. The molecule has 0 bridgehead atoms. The molecule has 2 aromatic heterocycles. The van der Waals surface area contributed by atoms with Crippen molar-refractivity contribution in [3.63, 3.8) is 0 Å². The van der Waals surface area contributed by atoms with Gasteiger partial charge in [0.2, 0.25) is 0 Å². The fourth-order valence-corrected chi connectivity index (χ4v) is 2.70. The number of aromatic nitrogens is 4.